The largest absolute Gasteiger partial charge is 0.330 e. The molecule has 0 radical (unpaired) electrons. The molecule has 0 saturated carbocycles. The highest BCUT2D eigenvalue weighted by Gasteiger charge is 2.09. The minimum atomic E-state index is 0.745. The van der Waals surface area contributed by atoms with Gasteiger partial charge in [-0.25, -0.2) is 9.97 Å². The molecule has 4 nitrogen and oxygen atoms in total. The third-order valence-corrected chi connectivity index (χ3v) is 3.66. The van der Waals surface area contributed by atoms with E-state index in [0.29, 0.717) is 0 Å². The lowest BCUT2D eigenvalue weighted by molar-refractivity contribution is 0.688. The molecule has 3 aromatic rings. The molecule has 0 N–H and O–H groups in total. The summed E-state index contributed by atoms with van der Waals surface area (Å²) in [6.45, 7) is 2.74. The summed E-state index contributed by atoms with van der Waals surface area (Å²) >= 11 is 3.47. The van der Waals surface area contributed by atoms with E-state index in [1.54, 1.807) is 0 Å². The minimum absolute atomic E-state index is 0.745. The lowest BCUT2D eigenvalue weighted by Crippen LogP contribution is -2.06. The number of fused-ring (bicyclic) bond motifs is 1. The van der Waals surface area contributed by atoms with Crippen LogP contribution in [-0.2, 0) is 13.6 Å². The van der Waals surface area contributed by atoms with E-state index in [4.69, 9.17) is 0 Å². The first-order chi connectivity index (χ1) is 8.65. The van der Waals surface area contributed by atoms with Gasteiger partial charge in [0.25, 0.3) is 0 Å². The zero-order valence-corrected chi connectivity index (χ0v) is 11.8. The first-order valence-electron chi connectivity index (χ1n) is 5.74. The molecular formula is C13H13BrN4. The van der Waals surface area contributed by atoms with E-state index in [-0.39, 0.29) is 0 Å². The number of nitrogens with zero attached hydrogens (tertiary/aromatic N) is 4. The Morgan fingerprint density at radius 1 is 1.33 bits per heavy atom. The smallest absolute Gasteiger partial charge is 0.129 e. The van der Waals surface area contributed by atoms with Gasteiger partial charge in [0.2, 0.25) is 0 Å². The van der Waals surface area contributed by atoms with Crippen LogP contribution in [0.5, 0.6) is 0 Å². The van der Waals surface area contributed by atoms with Gasteiger partial charge in [-0.3, -0.25) is 0 Å². The Kier molecular flexibility index (Phi) is 2.70. The molecule has 3 rings (SSSR count). The highest BCUT2D eigenvalue weighted by atomic mass is 79.9. The van der Waals surface area contributed by atoms with Crippen LogP contribution in [0.25, 0.3) is 11.0 Å². The van der Waals surface area contributed by atoms with Crippen LogP contribution in [0.3, 0.4) is 0 Å². The second-order valence-electron chi connectivity index (χ2n) is 4.32. The quantitative estimate of drug-likeness (QED) is 0.730. The molecule has 0 fully saturated rings. The predicted molar refractivity (Wildman–Crippen MR) is 74.5 cm³/mol. The van der Waals surface area contributed by atoms with E-state index in [0.717, 1.165) is 33.7 Å². The molecule has 0 saturated heterocycles. The first kappa shape index (κ1) is 11.5. The average Bonchev–Trinajstić information content (AvgIpc) is 2.86. The average molecular weight is 305 g/mol. The zero-order chi connectivity index (χ0) is 12.7. The molecule has 2 aromatic heterocycles. The van der Waals surface area contributed by atoms with Gasteiger partial charge in [-0.15, -0.1) is 0 Å². The maximum atomic E-state index is 4.67. The molecular weight excluding hydrogens is 292 g/mol. The summed E-state index contributed by atoms with van der Waals surface area (Å²) < 4.78 is 5.27. The van der Waals surface area contributed by atoms with Crippen LogP contribution in [0.4, 0.5) is 0 Å². The van der Waals surface area contributed by atoms with E-state index in [2.05, 4.69) is 41.1 Å². The Hall–Kier alpha value is -1.62. The number of hydrogen-bond acceptors (Lipinski definition) is 2. The second-order valence-corrected chi connectivity index (χ2v) is 5.24. The maximum absolute atomic E-state index is 4.67. The van der Waals surface area contributed by atoms with E-state index in [1.165, 1.54) is 0 Å². The lowest BCUT2D eigenvalue weighted by Gasteiger charge is -2.05. The van der Waals surface area contributed by atoms with Gasteiger partial charge >= 0.3 is 0 Å². The number of benzene rings is 1. The first-order valence-corrected chi connectivity index (χ1v) is 6.53. The van der Waals surface area contributed by atoms with Gasteiger partial charge in [0.15, 0.2) is 0 Å². The summed E-state index contributed by atoms with van der Waals surface area (Å²) in [5.74, 6) is 2.03. The van der Waals surface area contributed by atoms with E-state index < -0.39 is 0 Å². The van der Waals surface area contributed by atoms with Gasteiger partial charge in [-0.1, -0.05) is 15.9 Å². The number of hydrogen-bond donors (Lipinski definition) is 0. The van der Waals surface area contributed by atoms with Crippen LogP contribution < -0.4 is 0 Å². The minimum Gasteiger partial charge on any atom is -0.330 e. The molecule has 0 atom stereocenters. The van der Waals surface area contributed by atoms with E-state index >= 15 is 0 Å². The zero-order valence-electron chi connectivity index (χ0n) is 10.3. The third kappa shape index (κ3) is 1.84. The van der Waals surface area contributed by atoms with Crippen molar-refractivity contribution in [1.29, 1.82) is 0 Å². The number of rotatable bonds is 2. The summed E-state index contributed by atoms with van der Waals surface area (Å²) in [4.78, 5) is 8.90. The van der Waals surface area contributed by atoms with Crippen LogP contribution in [0.15, 0.2) is 35.1 Å². The Labute approximate surface area is 113 Å². The van der Waals surface area contributed by atoms with Crippen LogP contribution >= 0.6 is 15.9 Å². The SMILES string of the molecule is Cc1nccn1Cc1nc2cc(Br)ccc2n1C. The lowest BCUT2D eigenvalue weighted by atomic mass is 10.3. The number of aryl methyl sites for hydroxylation is 2. The third-order valence-electron chi connectivity index (χ3n) is 3.17. The number of halogens is 1. The van der Waals surface area contributed by atoms with Crippen molar-refractivity contribution < 1.29 is 0 Å². The normalized spacial score (nSPS) is 11.3. The fourth-order valence-corrected chi connectivity index (χ4v) is 2.44. The van der Waals surface area contributed by atoms with Crippen molar-refractivity contribution in [2.45, 2.75) is 13.5 Å². The number of aromatic nitrogens is 4. The number of imidazole rings is 2. The standard InChI is InChI=1S/C13H13BrN4/c1-9-15-5-6-18(9)8-13-16-11-7-10(14)3-4-12(11)17(13)2/h3-7H,8H2,1-2H3. The fourth-order valence-electron chi connectivity index (χ4n) is 2.09. The van der Waals surface area contributed by atoms with Crippen molar-refractivity contribution in [3.63, 3.8) is 0 Å². The van der Waals surface area contributed by atoms with Crippen LogP contribution in [0, 0.1) is 6.92 Å². The topological polar surface area (TPSA) is 35.6 Å². The second kappa shape index (κ2) is 4.24. The van der Waals surface area contributed by atoms with Gasteiger partial charge < -0.3 is 9.13 Å². The van der Waals surface area contributed by atoms with Crippen molar-refractivity contribution in [2.24, 2.45) is 7.05 Å². The van der Waals surface area contributed by atoms with Crippen LogP contribution in [-0.4, -0.2) is 19.1 Å². The van der Waals surface area contributed by atoms with Crippen molar-refractivity contribution >= 4 is 27.0 Å². The van der Waals surface area contributed by atoms with Gasteiger partial charge in [-0.2, -0.15) is 0 Å². The molecule has 0 unspecified atom stereocenters. The molecule has 0 aliphatic carbocycles. The van der Waals surface area contributed by atoms with Crippen molar-refractivity contribution in [2.75, 3.05) is 0 Å². The monoisotopic (exact) mass is 304 g/mol. The van der Waals surface area contributed by atoms with Crippen LogP contribution in [0.2, 0.25) is 0 Å². The molecule has 2 heterocycles. The predicted octanol–water partition coefficient (Wildman–Crippen LogP) is 2.89. The summed E-state index contributed by atoms with van der Waals surface area (Å²) in [6, 6.07) is 6.16. The Bertz CT molecular complexity index is 711. The molecule has 18 heavy (non-hydrogen) atoms. The Morgan fingerprint density at radius 2 is 2.17 bits per heavy atom. The van der Waals surface area contributed by atoms with Gasteiger partial charge in [0, 0.05) is 23.9 Å². The summed E-state index contributed by atoms with van der Waals surface area (Å²) in [5, 5.41) is 0. The molecule has 0 aliphatic heterocycles. The van der Waals surface area contributed by atoms with Gasteiger partial charge in [-0.05, 0) is 25.1 Å². The molecule has 92 valence electrons. The van der Waals surface area contributed by atoms with Crippen molar-refractivity contribution in [3.8, 4) is 0 Å². The molecule has 0 spiro atoms. The van der Waals surface area contributed by atoms with E-state index in [9.17, 15) is 0 Å². The molecule has 1 aromatic carbocycles. The highest BCUT2D eigenvalue weighted by molar-refractivity contribution is 9.10. The highest BCUT2D eigenvalue weighted by Crippen LogP contribution is 2.20. The molecule has 0 aliphatic rings. The molecule has 0 bridgehead atoms. The summed E-state index contributed by atoms with van der Waals surface area (Å²) in [6.07, 6.45) is 3.79. The molecule has 0 amide bonds. The van der Waals surface area contributed by atoms with Gasteiger partial charge in [0.05, 0.1) is 17.6 Å². The van der Waals surface area contributed by atoms with Crippen molar-refractivity contribution in [1.82, 2.24) is 19.1 Å². The maximum Gasteiger partial charge on any atom is 0.129 e. The van der Waals surface area contributed by atoms with E-state index in [1.807, 2.05) is 38.5 Å². The van der Waals surface area contributed by atoms with Crippen LogP contribution in [0.1, 0.15) is 11.6 Å². The fraction of sp³-hybridized carbons (Fsp3) is 0.231. The Morgan fingerprint density at radius 3 is 2.89 bits per heavy atom. The van der Waals surface area contributed by atoms with Crippen molar-refractivity contribution in [3.05, 3.63) is 46.7 Å². The molecule has 5 heteroatoms. The summed E-state index contributed by atoms with van der Waals surface area (Å²) in [5.41, 5.74) is 2.16. The Balaban J connectivity index is 2.07. The summed E-state index contributed by atoms with van der Waals surface area (Å²) in [7, 11) is 2.05. The van der Waals surface area contributed by atoms with Gasteiger partial charge in [0.1, 0.15) is 11.6 Å².